The van der Waals surface area contributed by atoms with Crippen LogP contribution in [0.25, 0.3) is 0 Å². The van der Waals surface area contributed by atoms with Gasteiger partial charge in [0.15, 0.2) is 6.10 Å². The Morgan fingerprint density at radius 2 is 0.623 bits per heavy atom. The number of hydrogen-bond donors (Lipinski definition) is 0. The number of ether oxygens (including phenoxy) is 3. The second-order valence-corrected chi connectivity index (χ2v) is 17.0. The summed E-state index contributed by atoms with van der Waals surface area (Å²) >= 11 is 0. The molecule has 1 atom stereocenters. The lowest BCUT2D eigenvalue weighted by molar-refractivity contribution is -0.167. The molecule has 6 heteroatoms. The van der Waals surface area contributed by atoms with Crippen LogP contribution in [-0.4, -0.2) is 37.2 Å². The second-order valence-electron chi connectivity index (χ2n) is 17.0. The molecule has 0 amide bonds. The molecule has 0 aromatic carbocycles. The maximum atomic E-state index is 12.7. The molecule has 0 heterocycles. The summed E-state index contributed by atoms with van der Waals surface area (Å²) in [6, 6.07) is 0. The Hall–Kier alpha value is -1.59. The van der Waals surface area contributed by atoms with Gasteiger partial charge in [0.05, 0.1) is 0 Å². The summed E-state index contributed by atoms with van der Waals surface area (Å²) in [6.45, 7) is 11.3. The highest BCUT2D eigenvalue weighted by Gasteiger charge is 2.19. The standard InChI is InChI=1S/C47H90O6/c1-6-7-8-9-10-11-18-21-27-32-37-45(48)51-40-44(53-47(50)39-34-29-24-23-26-31-36-43(4)5)41-52-46(49)38-33-28-22-19-16-14-12-13-15-17-20-25-30-35-42(2)3/h42-44H,6-41H2,1-5H3/t44-/m0/s1. The zero-order valence-electron chi connectivity index (χ0n) is 36.1. The van der Waals surface area contributed by atoms with Gasteiger partial charge in [-0.2, -0.15) is 0 Å². The smallest absolute Gasteiger partial charge is 0.306 e. The van der Waals surface area contributed by atoms with E-state index in [4.69, 9.17) is 14.2 Å². The van der Waals surface area contributed by atoms with E-state index < -0.39 is 6.10 Å². The lowest BCUT2D eigenvalue weighted by atomic mass is 10.0. The maximum absolute atomic E-state index is 12.7. The molecule has 314 valence electrons. The molecule has 6 nitrogen and oxygen atoms in total. The summed E-state index contributed by atoms with van der Waals surface area (Å²) in [4.78, 5) is 37.6. The van der Waals surface area contributed by atoms with Crippen LogP contribution in [0.4, 0.5) is 0 Å². The predicted molar refractivity (Wildman–Crippen MR) is 224 cm³/mol. The zero-order valence-corrected chi connectivity index (χ0v) is 36.1. The molecule has 0 aliphatic carbocycles. The average Bonchev–Trinajstić information content (AvgIpc) is 3.12. The van der Waals surface area contributed by atoms with Crippen LogP contribution in [0.2, 0.25) is 0 Å². The molecule has 0 saturated heterocycles. The van der Waals surface area contributed by atoms with Crippen molar-refractivity contribution < 1.29 is 28.6 Å². The quantitative estimate of drug-likeness (QED) is 0.0352. The van der Waals surface area contributed by atoms with Crippen LogP contribution in [0.5, 0.6) is 0 Å². The summed E-state index contributed by atoms with van der Waals surface area (Å²) in [7, 11) is 0. The van der Waals surface area contributed by atoms with E-state index in [1.54, 1.807) is 0 Å². The van der Waals surface area contributed by atoms with E-state index in [1.807, 2.05) is 0 Å². The Bertz CT molecular complexity index is 809. The average molecular weight is 751 g/mol. The van der Waals surface area contributed by atoms with Crippen LogP contribution < -0.4 is 0 Å². The lowest BCUT2D eigenvalue weighted by Gasteiger charge is -2.18. The predicted octanol–water partition coefficient (Wildman–Crippen LogP) is 14.6. The number of carbonyl (C=O) groups excluding carboxylic acids is 3. The Balaban J connectivity index is 4.26. The highest BCUT2D eigenvalue weighted by atomic mass is 16.6. The summed E-state index contributed by atoms with van der Waals surface area (Å²) in [5, 5.41) is 0. The van der Waals surface area contributed by atoms with Gasteiger partial charge in [-0.1, -0.05) is 214 Å². The fourth-order valence-electron chi connectivity index (χ4n) is 6.93. The van der Waals surface area contributed by atoms with Crippen molar-refractivity contribution in [1.29, 1.82) is 0 Å². The van der Waals surface area contributed by atoms with Crippen molar-refractivity contribution in [2.75, 3.05) is 13.2 Å². The van der Waals surface area contributed by atoms with Crippen LogP contribution in [0.1, 0.15) is 253 Å². The zero-order chi connectivity index (χ0) is 39.0. The van der Waals surface area contributed by atoms with Gasteiger partial charge >= 0.3 is 17.9 Å². The van der Waals surface area contributed by atoms with Crippen LogP contribution in [0.15, 0.2) is 0 Å². The first kappa shape index (κ1) is 51.4. The van der Waals surface area contributed by atoms with Crippen LogP contribution in [0, 0.1) is 11.8 Å². The highest BCUT2D eigenvalue weighted by Crippen LogP contribution is 2.16. The van der Waals surface area contributed by atoms with Gasteiger partial charge in [0.2, 0.25) is 0 Å². The van der Waals surface area contributed by atoms with Gasteiger partial charge in [0.25, 0.3) is 0 Å². The summed E-state index contributed by atoms with van der Waals surface area (Å²) in [5.74, 6) is 0.737. The van der Waals surface area contributed by atoms with E-state index >= 15 is 0 Å². The molecule has 0 aliphatic rings. The molecule has 0 spiro atoms. The van der Waals surface area contributed by atoms with Crippen molar-refractivity contribution in [3.8, 4) is 0 Å². The molecule has 0 unspecified atom stereocenters. The topological polar surface area (TPSA) is 78.9 Å². The van der Waals surface area contributed by atoms with E-state index in [-0.39, 0.29) is 31.1 Å². The second kappa shape index (κ2) is 40.1. The summed E-state index contributed by atoms with van der Waals surface area (Å²) in [6.07, 6.45) is 38.2. The number of unbranched alkanes of at least 4 members (excludes halogenated alkanes) is 26. The van der Waals surface area contributed by atoms with Gasteiger partial charge in [-0.15, -0.1) is 0 Å². The number of hydrogen-bond acceptors (Lipinski definition) is 6. The molecule has 0 bridgehead atoms. The normalized spacial score (nSPS) is 12.1. The van der Waals surface area contributed by atoms with Crippen LogP contribution in [-0.2, 0) is 28.6 Å². The molecule has 0 aromatic rings. The Labute approximate surface area is 329 Å². The third-order valence-corrected chi connectivity index (χ3v) is 10.5. The summed E-state index contributed by atoms with van der Waals surface area (Å²) in [5.41, 5.74) is 0. The third kappa shape index (κ3) is 41.4. The first-order valence-corrected chi connectivity index (χ1v) is 23.2. The number of esters is 3. The molecular weight excluding hydrogens is 661 g/mol. The molecule has 53 heavy (non-hydrogen) atoms. The van der Waals surface area contributed by atoms with Crippen molar-refractivity contribution in [3.05, 3.63) is 0 Å². The van der Waals surface area contributed by atoms with Gasteiger partial charge in [-0.05, 0) is 31.1 Å². The first-order chi connectivity index (χ1) is 25.7. The molecule has 0 aromatic heterocycles. The largest absolute Gasteiger partial charge is 0.462 e. The van der Waals surface area contributed by atoms with E-state index in [9.17, 15) is 14.4 Å². The van der Waals surface area contributed by atoms with E-state index in [1.165, 1.54) is 141 Å². The highest BCUT2D eigenvalue weighted by molar-refractivity contribution is 5.71. The molecule has 0 N–H and O–H groups in total. The maximum Gasteiger partial charge on any atom is 0.306 e. The van der Waals surface area contributed by atoms with Crippen molar-refractivity contribution in [2.45, 2.75) is 259 Å². The molecule has 0 fully saturated rings. The summed E-state index contributed by atoms with van der Waals surface area (Å²) < 4.78 is 16.7. The van der Waals surface area contributed by atoms with Crippen LogP contribution in [0.3, 0.4) is 0 Å². The Morgan fingerprint density at radius 3 is 0.925 bits per heavy atom. The monoisotopic (exact) mass is 751 g/mol. The molecule has 0 rings (SSSR count). The minimum Gasteiger partial charge on any atom is -0.462 e. The molecule has 0 saturated carbocycles. The van der Waals surface area contributed by atoms with E-state index in [0.29, 0.717) is 19.3 Å². The Kier molecular flexibility index (Phi) is 38.9. The van der Waals surface area contributed by atoms with Gasteiger partial charge in [0, 0.05) is 19.3 Å². The molecule has 0 aliphatic heterocycles. The van der Waals surface area contributed by atoms with Crippen molar-refractivity contribution in [1.82, 2.24) is 0 Å². The van der Waals surface area contributed by atoms with E-state index in [0.717, 1.165) is 69.6 Å². The minimum atomic E-state index is -0.760. The molecular formula is C47H90O6. The van der Waals surface area contributed by atoms with E-state index in [2.05, 4.69) is 34.6 Å². The van der Waals surface area contributed by atoms with Gasteiger partial charge in [-0.25, -0.2) is 0 Å². The van der Waals surface area contributed by atoms with Gasteiger partial charge < -0.3 is 14.2 Å². The molecule has 0 radical (unpaired) electrons. The number of rotatable bonds is 41. The number of carbonyl (C=O) groups is 3. The minimum absolute atomic E-state index is 0.0656. The van der Waals surface area contributed by atoms with Crippen LogP contribution >= 0.6 is 0 Å². The van der Waals surface area contributed by atoms with Crippen molar-refractivity contribution in [2.24, 2.45) is 11.8 Å². The van der Waals surface area contributed by atoms with Gasteiger partial charge in [-0.3, -0.25) is 14.4 Å². The first-order valence-electron chi connectivity index (χ1n) is 23.2. The fourth-order valence-corrected chi connectivity index (χ4v) is 6.93. The SMILES string of the molecule is CCCCCCCCCCCCC(=O)OC[C@@H](COC(=O)CCCCCCCCCCCCCCCC(C)C)OC(=O)CCCCCCCCC(C)C. The lowest BCUT2D eigenvalue weighted by Crippen LogP contribution is -2.30. The van der Waals surface area contributed by atoms with Crippen molar-refractivity contribution in [3.63, 3.8) is 0 Å². The van der Waals surface area contributed by atoms with Crippen molar-refractivity contribution >= 4 is 17.9 Å². The van der Waals surface area contributed by atoms with Gasteiger partial charge in [0.1, 0.15) is 13.2 Å². The Morgan fingerprint density at radius 1 is 0.358 bits per heavy atom. The third-order valence-electron chi connectivity index (χ3n) is 10.5. The fraction of sp³-hybridized carbons (Fsp3) is 0.936.